The van der Waals surface area contributed by atoms with Crippen LogP contribution in [0.1, 0.15) is 21.7 Å². The van der Waals surface area contributed by atoms with Gasteiger partial charge in [-0.15, -0.1) is 0 Å². The van der Waals surface area contributed by atoms with Gasteiger partial charge in [0, 0.05) is 6.54 Å². The zero-order valence-electron chi connectivity index (χ0n) is 18.8. The molecular weight excluding hydrogens is 473 g/mol. The van der Waals surface area contributed by atoms with E-state index in [1.165, 1.54) is 72.9 Å². The number of hydrogen-bond acceptors (Lipinski definition) is 6. The summed E-state index contributed by atoms with van der Waals surface area (Å²) in [6, 6.07) is 21.3. The first-order valence-electron chi connectivity index (χ1n) is 10.6. The second-order valence-corrected chi connectivity index (χ2v) is 9.13. The number of nitrogens with zero attached hydrogens (tertiary/aromatic N) is 1. The normalized spacial score (nSPS) is 11.1. The molecule has 7 nitrogen and oxygen atoms in total. The summed E-state index contributed by atoms with van der Waals surface area (Å²) >= 11 is 0. The summed E-state index contributed by atoms with van der Waals surface area (Å²) in [5.74, 6) is -0.0535. The smallest absolute Gasteiger partial charge is 0.339 e. The molecule has 9 heteroatoms. The molecule has 1 amide bonds. The van der Waals surface area contributed by atoms with Crippen molar-refractivity contribution in [2.24, 2.45) is 0 Å². The third-order valence-electron chi connectivity index (χ3n) is 5.14. The summed E-state index contributed by atoms with van der Waals surface area (Å²) in [7, 11) is -2.61. The predicted molar refractivity (Wildman–Crippen MR) is 126 cm³/mol. The van der Waals surface area contributed by atoms with E-state index >= 15 is 0 Å². The number of carbonyl (C=O) groups is 1. The Labute approximate surface area is 202 Å². The maximum atomic E-state index is 14.3. The molecule has 0 spiro atoms. The van der Waals surface area contributed by atoms with Crippen molar-refractivity contribution in [2.75, 3.05) is 7.11 Å². The van der Waals surface area contributed by atoms with Crippen molar-refractivity contribution < 1.29 is 30.9 Å². The fraction of sp³-hybridized carbons (Fsp3) is 0.115. The van der Waals surface area contributed by atoms with Crippen LogP contribution in [0.3, 0.4) is 0 Å². The lowest BCUT2D eigenvalue weighted by Crippen LogP contribution is -2.30. The number of hydrogen-bond donors (Lipinski definition) is 0. The van der Waals surface area contributed by atoms with Crippen LogP contribution in [0.4, 0.5) is 4.39 Å². The van der Waals surface area contributed by atoms with E-state index < -0.39 is 21.8 Å². The number of halogens is 1. The van der Waals surface area contributed by atoms with E-state index in [0.717, 1.165) is 0 Å². The summed E-state index contributed by atoms with van der Waals surface area (Å²) in [4.78, 5) is 14.5. The van der Waals surface area contributed by atoms with Crippen LogP contribution in [0.2, 0.25) is 0 Å². The maximum Gasteiger partial charge on any atom is 0.339 e. The second-order valence-electron chi connectivity index (χ2n) is 7.58. The molecule has 0 saturated carbocycles. The van der Waals surface area contributed by atoms with Crippen molar-refractivity contribution >= 4 is 16.0 Å². The summed E-state index contributed by atoms with van der Waals surface area (Å²) in [5, 5.41) is 0. The predicted octanol–water partition coefficient (Wildman–Crippen LogP) is 5.04. The van der Waals surface area contributed by atoms with E-state index in [-0.39, 0.29) is 29.3 Å². The van der Waals surface area contributed by atoms with Gasteiger partial charge in [0.05, 0.1) is 25.5 Å². The van der Waals surface area contributed by atoms with Gasteiger partial charge in [0.2, 0.25) is 0 Å². The number of amides is 1. The van der Waals surface area contributed by atoms with E-state index in [4.69, 9.17) is 13.3 Å². The first-order chi connectivity index (χ1) is 16.9. The van der Waals surface area contributed by atoms with E-state index in [1.54, 1.807) is 30.3 Å². The highest BCUT2D eigenvalue weighted by Crippen LogP contribution is 2.23. The van der Waals surface area contributed by atoms with Gasteiger partial charge in [-0.3, -0.25) is 4.79 Å². The Morgan fingerprint density at radius 2 is 1.69 bits per heavy atom. The zero-order chi connectivity index (χ0) is 24.8. The van der Waals surface area contributed by atoms with Crippen molar-refractivity contribution in [3.05, 3.63) is 114 Å². The highest BCUT2D eigenvalue weighted by Gasteiger charge is 2.22. The van der Waals surface area contributed by atoms with Gasteiger partial charge in [-0.05, 0) is 66.2 Å². The van der Waals surface area contributed by atoms with Gasteiger partial charge in [-0.25, -0.2) is 4.39 Å². The SMILES string of the molecule is COc1ccc(S(=O)(=O)Oc2cccc(CN(Cc3ccco3)C(=O)c3ccccc3F)c2)cc1. The van der Waals surface area contributed by atoms with Crippen LogP contribution in [0.15, 0.2) is 101 Å². The minimum atomic E-state index is -4.09. The van der Waals surface area contributed by atoms with Crippen molar-refractivity contribution in [1.82, 2.24) is 4.90 Å². The van der Waals surface area contributed by atoms with Crippen LogP contribution in [-0.2, 0) is 23.2 Å². The third kappa shape index (κ3) is 5.88. The minimum Gasteiger partial charge on any atom is -0.497 e. The molecule has 0 N–H and O–H groups in total. The molecule has 1 heterocycles. The molecule has 4 rings (SSSR count). The molecule has 35 heavy (non-hydrogen) atoms. The Kier molecular flexibility index (Phi) is 7.17. The standard InChI is InChI=1S/C26H22FNO6S/c1-32-20-11-13-23(14-12-20)35(30,31)34-21-7-4-6-19(16-21)17-28(18-22-8-5-15-33-22)26(29)24-9-2-3-10-25(24)27/h2-16H,17-18H2,1H3. The molecule has 3 aromatic carbocycles. The van der Waals surface area contributed by atoms with Gasteiger partial charge >= 0.3 is 10.1 Å². The molecule has 1 aromatic heterocycles. The highest BCUT2D eigenvalue weighted by atomic mass is 32.2. The van der Waals surface area contributed by atoms with Gasteiger partial charge in [0.15, 0.2) is 0 Å². The molecule has 0 aliphatic heterocycles. The Morgan fingerprint density at radius 1 is 0.914 bits per heavy atom. The van der Waals surface area contributed by atoms with Gasteiger partial charge < -0.3 is 18.2 Å². The van der Waals surface area contributed by atoms with Crippen LogP contribution in [0, 0.1) is 5.82 Å². The highest BCUT2D eigenvalue weighted by molar-refractivity contribution is 7.87. The van der Waals surface area contributed by atoms with E-state index in [2.05, 4.69) is 0 Å². The molecule has 0 saturated heterocycles. The van der Waals surface area contributed by atoms with Crippen LogP contribution in [-0.4, -0.2) is 26.3 Å². The fourth-order valence-corrected chi connectivity index (χ4v) is 4.35. The van der Waals surface area contributed by atoms with Crippen LogP contribution in [0.25, 0.3) is 0 Å². The molecule has 0 fully saturated rings. The van der Waals surface area contributed by atoms with Crippen molar-refractivity contribution in [3.8, 4) is 11.5 Å². The number of ether oxygens (including phenoxy) is 1. The summed E-state index contributed by atoms with van der Waals surface area (Å²) < 4.78 is 55.4. The fourth-order valence-electron chi connectivity index (χ4n) is 3.43. The molecule has 0 unspecified atom stereocenters. The lowest BCUT2D eigenvalue weighted by molar-refractivity contribution is 0.0712. The van der Waals surface area contributed by atoms with Crippen LogP contribution in [0.5, 0.6) is 11.5 Å². The third-order valence-corrected chi connectivity index (χ3v) is 6.41. The van der Waals surface area contributed by atoms with Crippen molar-refractivity contribution in [2.45, 2.75) is 18.0 Å². The summed E-state index contributed by atoms with van der Waals surface area (Å²) in [6.07, 6.45) is 1.49. The monoisotopic (exact) mass is 495 g/mol. The van der Waals surface area contributed by atoms with Gasteiger partial charge in [-0.2, -0.15) is 8.42 Å². The molecule has 0 bridgehead atoms. The average Bonchev–Trinajstić information content (AvgIpc) is 3.37. The molecule has 180 valence electrons. The molecule has 0 aliphatic rings. The summed E-state index contributed by atoms with van der Waals surface area (Å²) in [5.41, 5.74) is 0.511. The zero-order valence-corrected chi connectivity index (χ0v) is 19.6. The number of rotatable bonds is 9. The lowest BCUT2D eigenvalue weighted by Gasteiger charge is -2.22. The average molecular weight is 496 g/mol. The van der Waals surface area contributed by atoms with Gasteiger partial charge in [0.25, 0.3) is 5.91 Å². The van der Waals surface area contributed by atoms with E-state index in [1.807, 2.05) is 0 Å². The lowest BCUT2D eigenvalue weighted by atomic mass is 10.1. The van der Waals surface area contributed by atoms with Crippen molar-refractivity contribution in [1.29, 1.82) is 0 Å². The first-order valence-corrected chi connectivity index (χ1v) is 12.0. The minimum absolute atomic E-state index is 0.0297. The van der Waals surface area contributed by atoms with Crippen molar-refractivity contribution in [3.63, 3.8) is 0 Å². The Bertz CT molecular complexity index is 1400. The van der Waals surface area contributed by atoms with E-state index in [0.29, 0.717) is 17.1 Å². The first kappa shape index (κ1) is 24.0. The quantitative estimate of drug-likeness (QED) is 0.303. The molecular formula is C26H22FNO6S. The van der Waals surface area contributed by atoms with Crippen LogP contribution < -0.4 is 8.92 Å². The Morgan fingerprint density at radius 3 is 2.37 bits per heavy atom. The number of carbonyl (C=O) groups excluding carboxylic acids is 1. The number of benzene rings is 3. The molecule has 0 atom stereocenters. The van der Waals surface area contributed by atoms with Crippen LogP contribution >= 0.6 is 0 Å². The molecule has 0 aliphatic carbocycles. The largest absolute Gasteiger partial charge is 0.497 e. The Hall–Kier alpha value is -4.11. The van der Waals surface area contributed by atoms with E-state index in [9.17, 15) is 17.6 Å². The maximum absolute atomic E-state index is 14.3. The van der Waals surface area contributed by atoms with Gasteiger partial charge in [-0.1, -0.05) is 24.3 Å². The Balaban J connectivity index is 1.57. The molecule has 0 radical (unpaired) electrons. The number of methoxy groups -OCH3 is 1. The number of furan rings is 1. The second kappa shape index (κ2) is 10.4. The van der Waals surface area contributed by atoms with Gasteiger partial charge in [0.1, 0.15) is 28.0 Å². The topological polar surface area (TPSA) is 86.1 Å². The summed E-state index contributed by atoms with van der Waals surface area (Å²) in [6.45, 7) is 0.156. The molecule has 4 aromatic rings.